The lowest BCUT2D eigenvalue weighted by Crippen LogP contribution is -2.27. The van der Waals surface area contributed by atoms with E-state index in [2.05, 4.69) is 25.9 Å². The van der Waals surface area contributed by atoms with Crippen molar-refractivity contribution in [3.8, 4) is 6.07 Å². The Hall–Kier alpha value is -3.66. The Morgan fingerprint density at radius 2 is 2.00 bits per heavy atom. The van der Waals surface area contributed by atoms with Gasteiger partial charge >= 0.3 is 0 Å². The van der Waals surface area contributed by atoms with E-state index < -0.39 is 0 Å². The van der Waals surface area contributed by atoms with Crippen molar-refractivity contribution in [1.29, 1.82) is 5.26 Å². The number of amides is 1. The molecule has 1 aromatic carbocycles. The predicted molar refractivity (Wildman–Crippen MR) is 123 cm³/mol. The molecule has 1 saturated carbocycles. The Morgan fingerprint density at radius 1 is 1.19 bits per heavy atom. The topological polar surface area (TPSA) is 99.4 Å². The number of hydrogen-bond acceptors (Lipinski definition) is 4. The molecule has 162 valence electrons. The second kappa shape index (κ2) is 8.83. The number of carbonyl (C=O) groups is 1. The van der Waals surface area contributed by atoms with Gasteiger partial charge in [0.2, 0.25) is 5.91 Å². The van der Waals surface area contributed by atoms with Crippen LogP contribution in [-0.4, -0.2) is 25.4 Å². The molecule has 0 unspecified atom stereocenters. The van der Waals surface area contributed by atoms with E-state index >= 15 is 0 Å². The van der Waals surface area contributed by atoms with Crippen LogP contribution in [0.25, 0.3) is 22.1 Å². The van der Waals surface area contributed by atoms with E-state index in [4.69, 9.17) is 10.2 Å². The van der Waals surface area contributed by atoms with Gasteiger partial charge in [0.1, 0.15) is 17.0 Å². The van der Waals surface area contributed by atoms with E-state index in [1.54, 1.807) is 6.20 Å². The van der Waals surface area contributed by atoms with Gasteiger partial charge in [-0.3, -0.25) is 4.79 Å². The van der Waals surface area contributed by atoms with Crippen LogP contribution in [0.3, 0.4) is 0 Å². The van der Waals surface area contributed by atoms with Crippen LogP contribution in [0.15, 0.2) is 48.8 Å². The molecule has 0 aliphatic heterocycles. The third-order valence-corrected chi connectivity index (χ3v) is 6.52. The molecule has 1 aliphatic rings. The summed E-state index contributed by atoms with van der Waals surface area (Å²) in [6.07, 6.45) is 8.57. The SMILES string of the molecule is N#CCC1CCC(n2c(CC(=O)NCc3ccccc3)nc3cnc4[nH]ccc4c32)CC1. The monoisotopic (exact) mass is 426 g/mol. The van der Waals surface area contributed by atoms with Gasteiger partial charge in [-0.2, -0.15) is 5.26 Å². The molecule has 1 aliphatic carbocycles. The number of nitrogens with zero attached hydrogens (tertiary/aromatic N) is 4. The number of aromatic amines is 1. The lowest BCUT2D eigenvalue weighted by Gasteiger charge is -2.30. The van der Waals surface area contributed by atoms with Gasteiger partial charge in [-0.15, -0.1) is 0 Å². The standard InChI is InChI=1S/C25H26N6O/c26-12-10-17-6-8-19(9-7-17)31-22(14-23(32)28-15-18-4-2-1-3-5-18)30-21-16-29-25-20(24(21)31)11-13-27-25/h1-5,11,13,16-17,19H,6-10,14-15H2,(H,27,29)(H,28,32). The zero-order valence-corrected chi connectivity index (χ0v) is 17.9. The minimum atomic E-state index is -0.0400. The van der Waals surface area contributed by atoms with Crippen molar-refractivity contribution >= 4 is 28.0 Å². The van der Waals surface area contributed by atoms with E-state index in [-0.39, 0.29) is 18.4 Å². The maximum Gasteiger partial charge on any atom is 0.227 e. The summed E-state index contributed by atoms with van der Waals surface area (Å²) in [5.41, 5.74) is 3.77. The highest BCUT2D eigenvalue weighted by Crippen LogP contribution is 2.37. The van der Waals surface area contributed by atoms with Gasteiger partial charge in [-0.05, 0) is 43.2 Å². The average molecular weight is 427 g/mol. The van der Waals surface area contributed by atoms with Crippen LogP contribution in [0.5, 0.6) is 0 Å². The molecule has 3 aromatic heterocycles. The number of benzene rings is 1. The first-order chi connectivity index (χ1) is 15.7. The van der Waals surface area contributed by atoms with Crippen LogP contribution < -0.4 is 5.32 Å². The number of rotatable bonds is 6. The van der Waals surface area contributed by atoms with Crippen LogP contribution in [0.1, 0.15) is 49.5 Å². The van der Waals surface area contributed by atoms with Crippen LogP contribution in [-0.2, 0) is 17.8 Å². The van der Waals surface area contributed by atoms with Crippen molar-refractivity contribution in [2.75, 3.05) is 0 Å². The molecular weight excluding hydrogens is 400 g/mol. The number of hydrogen-bond donors (Lipinski definition) is 2. The number of carbonyl (C=O) groups excluding carboxylic acids is 1. The summed E-state index contributed by atoms with van der Waals surface area (Å²) in [5, 5.41) is 13.1. The molecule has 0 spiro atoms. The highest BCUT2D eigenvalue weighted by molar-refractivity contribution is 6.01. The Bertz CT molecular complexity index is 1270. The van der Waals surface area contributed by atoms with Gasteiger partial charge in [0.25, 0.3) is 0 Å². The molecule has 32 heavy (non-hydrogen) atoms. The summed E-state index contributed by atoms with van der Waals surface area (Å²) < 4.78 is 2.28. The van der Waals surface area contributed by atoms with E-state index in [0.29, 0.717) is 18.9 Å². The molecule has 0 atom stereocenters. The quantitative estimate of drug-likeness (QED) is 0.477. The number of nitrogens with one attached hydrogen (secondary N) is 2. The fourth-order valence-electron chi connectivity index (χ4n) is 4.90. The van der Waals surface area contributed by atoms with Crippen molar-refractivity contribution < 1.29 is 4.79 Å². The summed E-state index contributed by atoms with van der Waals surface area (Å²) in [7, 11) is 0. The third kappa shape index (κ3) is 3.96. The first kappa shape index (κ1) is 20.3. The highest BCUT2D eigenvalue weighted by atomic mass is 16.1. The summed E-state index contributed by atoms with van der Waals surface area (Å²) in [6.45, 7) is 0.503. The maximum atomic E-state index is 12.8. The fraction of sp³-hybridized carbons (Fsp3) is 0.360. The molecule has 1 fully saturated rings. The molecule has 7 heteroatoms. The molecule has 7 nitrogen and oxygen atoms in total. The molecule has 1 amide bonds. The zero-order chi connectivity index (χ0) is 21.9. The van der Waals surface area contributed by atoms with E-state index in [9.17, 15) is 4.79 Å². The van der Waals surface area contributed by atoms with Gasteiger partial charge in [0.15, 0.2) is 0 Å². The van der Waals surface area contributed by atoms with Crippen molar-refractivity contribution in [1.82, 2.24) is 24.8 Å². The zero-order valence-electron chi connectivity index (χ0n) is 17.9. The highest BCUT2D eigenvalue weighted by Gasteiger charge is 2.27. The van der Waals surface area contributed by atoms with E-state index in [1.807, 2.05) is 42.6 Å². The van der Waals surface area contributed by atoms with Crippen LogP contribution in [0.2, 0.25) is 0 Å². The molecule has 5 rings (SSSR count). The second-order valence-electron chi connectivity index (χ2n) is 8.61. The van der Waals surface area contributed by atoms with Gasteiger partial charge in [-0.1, -0.05) is 30.3 Å². The molecular formula is C25H26N6O. The Morgan fingerprint density at radius 3 is 2.78 bits per heavy atom. The second-order valence-corrected chi connectivity index (χ2v) is 8.61. The maximum absolute atomic E-state index is 12.8. The Balaban J connectivity index is 1.44. The summed E-state index contributed by atoms with van der Waals surface area (Å²) in [5.74, 6) is 1.21. The first-order valence-electron chi connectivity index (χ1n) is 11.2. The lowest BCUT2D eigenvalue weighted by atomic mass is 9.84. The number of H-pyrrole nitrogens is 1. The van der Waals surface area contributed by atoms with Crippen LogP contribution in [0.4, 0.5) is 0 Å². The number of fused-ring (bicyclic) bond motifs is 3. The third-order valence-electron chi connectivity index (χ3n) is 6.52. The molecule has 0 bridgehead atoms. The van der Waals surface area contributed by atoms with Crippen molar-refractivity contribution in [2.24, 2.45) is 5.92 Å². The van der Waals surface area contributed by atoms with Gasteiger partial charge < -0.3 is 14.9 Å². The first-order valence-corrected chi connectivity index (χ1v) is 11.2. The average Bonchev–Trinajstić information content (AvgIpc) is 3.43. The number of imidazole rings is 1. The number of pyridine rings is 1. The van der Waals surface area contributed by atoms with Gasteiger partial charge in [0, 0.05) is 30.6 Å². The largest absolute Gasteiger partial charge is 0.352 e. The minimum Gasteiger partial charge on any atom is -0.352 e. The summed E-state index contributed by atoms with van der Waals surface area (Å²) in [6, 6.07) is 14.5. The van der Waals surface area contributed by atoms with Gasteiger partial charge in [0.05, 0.1) is 24.2 Å². The molecule has 4 aromatic rings. The molecule has 3 heterocycles. The van der Waals surface area contributed by atoms with E-state index in [1.165, 1.54) is 0 Å². The molecule has 0 saturated heterocycles. The fourth-order valence-corrected chi connectivity index (χ4v) is 4.90. The van der Waals surface area contributed by atoms with Gasteiger partial charge in [-0.25, -0.2) is 9.97 Å². The molecule has 0 radical (unpaired) electrons. The minimum absolute atomic E-state index is 0.0400. The number of aromatic nitrogens is 4. The smallest absolute Gasteiger partial charge is 0.227 e. The molecule has 2 N–H and O–H groups in total. The van der Waals surface area contributed by atoms with Crippen molar-refractivity contribution in [3.63, 3.8) is 0 Å². The lowest BCUT2D eigenvalue weighted by molar-refractivity contribution is -0.120. The van der Waals surface area contributed by atoms with Crippen molar-refractivity contribution in [3.05, 3.63) is 60.2 Å². The van der Waals surface area contributed by atoms with Crippen LogP contribution >= 0.6 is 0 Å². The normalized spacial score (nSPS) is 18.6. The summed E-state index contributed by atoms with van der Waals surface area (Å²) >= 11 is 0. The number of nitriles is 1. The Kier molecular flexibility index (Phi) is 5.59. The van der Waals surface area contributed by atoms with Crippen molar-refractivity contribution in [2.45, 2.75) is 51.1 Å². The Labute approximate surface area is 186 Å². The summed E-state index contributed by atoms with van der Waals surface area (Å²) in [4.78, 5) is 25.3. The van der Waals surface area contributed by atoms with E-state index in [0.717, 1.165) is 59.1 Å². The predicted octanol–water partition coefficient (Wildman–Crippen LogP) is 4.42. The van der Waals surface area contributed by atoms with Crippen LogP contribution in [0, 0.1) is 17.2 Å².